The molecule has 0 atom stereocenters. The van der Waals surface area contributed by atoms with E-state index < -0.39 is 5.82 Å². The van der Waals surface area contributed by atoms with E-state index in [0.29, 0.717) is 15.0 Å². The maximum Gasteiger partial charge on any atom is 0.178 e. The van der Waals surface area contributed by atoms with Gasteiger partial charge >= 0.3 is 0 Å². The van der Waals surface area contributed by atoms with E-state index in [1.807, 2.05) is 16.3 Å². The van der Waals surface area contributed by atoms with Crippen LogP contribution in [0.5, 0.6) is 0 Å². The van der Waals surface area contributed by atoms with Gasteiger partial charge in [-0.3, -0.25) is 0 Å². The molecule has 3 rings (SSSR count). The summed E-state index contributed by atoms with van der Waals surface area (Å²) < 4.78 is 16.4. The second-order valence-corrected chi connectivity index (χ2v) is 6.76. The minimum Gasteiger partial charge on any atom is -0.330 e. The molecular formula is C12H12ClFN2S2. The van der Waals surface area contributed by atoms with Crippen LogP contribution in [0.2, 0.25) is 5.02 Å². The number of benzene rings is 1. The molecule has 6 heteroatoms. The number of aromatic amines is 1. The molecular weight excluding hydrogens is 291 g/mol. The zero-order valence-electron chi connectivity index (χ0n) is 9.80. The highest BCUT2D eigenvalue weighted by Crippen LogP contribution is 2.48. The summed E-state index contributed by atoms with van der Waals surface area (Å²) in [5, 5.41) is 0.138. The van der Waals surface area contributed by atoms with E-state index in [9.17, 15) is 4.39 Å². The van der Waals surface area contributed by atoms with Crippen LogP contribution in [0.3, 0.4) is 0 Å². The van der Waals surface area contributed by atoms with E-state index in [2.05, 4.69) is 11.2 Å². The van der Waals surface area contributed by atoms with Gasteiger partial charge in [0, 0.05) is 17.4 Å². The van der Waals surface area contributed by atoms with Crippen LogP contribution >= 0.6 is 35.6 Å². The Balaban J connectivity index is 2.13. The Kier molecular flexibility index (Phi) is 2.95. The first kappa shape index (κ1) is 12.5. The van der Waals surface area contributed by atoms with E-state index in [4.69, 9.17) is 23.8 Å². The summed E-state index contributed by atoms with van der Waals surface area (Å²) >= 11 is 13.0. The molecule has 1 heterocycles. The second-order valence-electron chi connectivity index (χ2n) is 4.69. The number of fused-ring (bicyclic) bond motifs is 1. The van der Waals surface area contributed by atoms with Gasteiger partial charge in [0.25, 0.3) is 0 Å². The molecule has 0 spiro atoms. The van der Waals surface area contributed by atoms with Crippen LogP contribution in [0, 0.1) is 10.6 Å². The van der Waals surface area contributed by atoms with Gasteiger partial charge in [0.1, 0.15) is 5.82 Å². The standard InChI is InChI=1S/C12H12ClFN2S2/c1-18-12(2-3-12)6-16-10-4-7(13)8(14)5-9(10)15-11(16)17/h4-5H,2-3,6H2,1H3,(H,15,17). The average Bonchev–Trinajstić information content (AvgIpc) is 3.05. The fourth-order valence-electron chi connectivity index (χ4n) is 2.16. The van der Waals surface area contributed by atoms with Crippen molar-refractivity contribution in [3.63, 3.8) is 0 Å². The molecule has 1 aliphatic carbocycles. The van der Waals surface area contributed by atoms with Crippen molar-refractivity contribution in [1.82, 2.24) is 9.55 Å². The molecule has 0 amide bonds. The molecule has 2 nitrogen and oxygen atoms in total. The summed E-state index contributed by atoms with van der Waals surface area (Å²) in [4.78, 5) is 3.04. The molecule has 1 saturated carbocycles. The zero-order valence-corrected chi connectivity index (χ0v) is 12.2. The summed E-state index contributed by atoms with van der Waals surface area (Å²) in [6.07, 6.45) is 4.53. The van der Waals surface area contributed by atoms with E-state index in [0.717, 1.165) is 12.1 Å². The lowest BCUT2D eigenvalue weighted by Crippen LogP contribution is -2.13. The third-order valence-electron chi connectivity index (χ3n) is 3.50. The molecule has 0 radical (unpaired) electrons. The minimum atomic E-state index is -0.418. The highest BCUT2D eigenvalue weighted by Gasteiger charge is 2.42. The van der Waals surface area contributed by atoms with Crippen molar-refractivity contribution in [3.8, 4) is 0 Å². The average molecular weight is 303 g/mol. The van der Waals surface area contributed by atoms with Gasteiger partial charge in [-0.05, 0) is 37.4 Å². The van der Waals surface area contributed by atoms with E-state index in [1.54, 1.807) is 6.07 Å². The van der Waals surface area contributed by atoms with E-state index in [-0.39, 0.29) is 5.02 Å². The van der Waals surface area contributed by atoms with Crippen LogP contribution in [0.1, 0.15) is 12.8 Å². The molecule has 0 saturated heterocycles. The lowest BCUT2D eigenvalue weighted by molar-refractivity contribution is 0.629. The maximum absolute atomic E-state index is 13.4. The third kappa shape index (κ3) is 1.98. The molecule has 0 unspecified atom stereocenters. The number of H-pyrrole nitrogens is 1. The summed E-state index contributed by atoms with van der Waals surface area (Å²) in [6, 6.07) is 3.05. The van der Waals surface area contributed by atoms with Gasteiger partial charge in [-0.1, -0.05) is 11.6 Å². The lowest BCUT2D eigenvalue weighted by Gasteiger charge is -2.13. The van der Waals surface area contributed by atoms with Crippen molar-refractivity contribution in [2.75, 3.05) is 6.26 Å². The Labute approximate surface area is 119 Å². The Bertz CT molecular complexity index is 673. The predicted molar refractivity (Wildman–Crippen MR) is 77.6 cm³/mol. The first-order valence-corrected chi connectivity index (χ1v) is 7.68. The summed E-state index contributed by atoms with van der Waals surface area (Å²) in [7, 11) is 0. The van der Waals surface area contributed by atoms with Gasteiger partial charge in [-0.2, -0.15) is 11.8 Å². The number of nitrogens with one attached hydrogen (secondary N) is 1. The highest BCUT2D eigenvalue weighted by atomic mass is 35.5. The van der Waals surface area contributed by atoms with Crippen molar-refractivity contribution in [1.29, 1.82) is 0 Å². The largest absolute Gasteiger partial charge is 0.330 e. The topological polar surface area (TPSA) is 20.7 Å². The van der Waals surface area contributed by atoms with Crippen LogP contribution < -0.4 is 0 Å². The highest BCUT2D eigenvalue weighted by molar-refractivity contribution is 8.00. The fraction of sp³-hybridized carbons (Fsp3) is 0.417. The van der Waals surface area contributed by atoms with Crippen LogP contribution in [0.25, 0.3) is 11.0 Å². The number of imidazole rings is 1. The number of halogens is 2. The molecule has 1 aliphatic rings. The molecule has 1 aromatic carbocycles. The lowest BCUT2D eigenvalue weighted by atomic mass is 10.3. The quantitative estimate of drug-likeness (QED) is 0.849. The number of nitrogens with zero attached hydrogens (tertiary/aromatic N) is 1. The molecule has 18 heavy (non-hydrogen) atoms. The summed E-state index contributed by atoms with van der Waals surface area (Å²) in [5.41, 5.74) is 1.59. The first-order chi connectivity index (χ1) is 8.54. The molecule has 0 bridgehead atoms. The molecule has 96 valence electrons. The minimum absolute atomic E-state index is 0.138. The first-order valence-electron chi connectivity index (χ1n) is 5.67. The van der Waals surface area contributed by atoms with Gasteiger partial charge in [0.2, 0.25) is 0 Å². The Morgan fingerprint density at radius 1 is 1.56 bits per heavy atom. The SMILES string of the molecule is CSC1(Cn2c(=S)[nH]c3cc(F)c(Cl)cc32)CC1. The smallest absolute Gasteiger partial charge is 0.178 e. The van der Waals surface area contributed by atoms with Crippen LogP contribution in [-0.4, -0.2) is 20.6 Å². The Morgan fingerprint density at radius 3 is 2.89 bits per heavy atom. The maximum atomic E-state index is 13.4. The second kappa shape index (κ2) is 4.25. The van der Waals surface area contributed by atoms with Gasteiger partial charge in [-0.15, -0.1) is 0 Å². The molecule has 1 aromatic heterocycles. The van der Waals surface area contributed by atoms with Crippen molar-refractivity contribution in [2.24, 2.45) is 0 Å². The molecule has 1 N–H and O–H groups in total. The van der Waals surface area contributed by atoms with E-state index in [1.165, 1.54) is 18.9 Å². The van der Waals surface area contributed by atoms with Crippen molar-refractivity contribution < 1.29 is 4.39 Å². The fourth-order valence-corrected chi connectivity index (χ4v) is 3.36. The molecule has 2 aromatic rings. The molecule has 0 aliphatic heterocycles. The van der Waals surface area contributed by atoms with Gasteiger partial charge in [0.05, 0.1) is 16.1 Å². The van der Waals surface area contributed by atoms with E-state index >= 15 is 0 Å². The van der Waals surface area contributed by atoms with Crippen LogP contribution in [0.4, 0.5) is 4.39 Å². The van der Waals surface area contributed by atoms with Crippen LogP contribution in [-0.2, 0) is 6.54 Å². The number of hydrogen-bond donors (Lipinski definition) is 1. The van der Waals surface area contributed by atoms with Crippen molar-refractivity contribution in [2.45, 2.75) is 24.1 Å². The Hall–Kier alpha value is -0.520. The van der Waals surface area contributed by atoms with Crippen molar-refractivity contribution >= 4 is 46.6 Å². The predicted octanol–water partition coefficient (Wildman–Crippen LogP) is 4.39. The zero-order chi connectivity index (χ0) is 12.9. The molecule has 1 fully saturated rings. The van der Waals surface area contributed by atoms with Crippen molar-refractivity contribution in [3.05, 3.63) is 27.7 Å². The van der Waals surface area contributed by atoms with Gasteiger partial charge in [-0.25, -0.2) is 4.39 Å². The summed E-state index contributed by atoms with van der Waals surface area (Å²) in [5.74, 6) is -0.418. The Morgan fingerprint density at radius 2 is 2.28 bits per heavy atom. The van der Waals surface area contributed by atoms with Gasteiger partial charge < -0.3 is 9.55 Å². The number of rotatable bonds is 3. The monoisotopic (exact) mass is 302 g/mol. The number of hydrogen-bond acceptors (Lipinski definition) is 2. The number of aromatic nitrogens is 2. The van der Waals surface area contributed by atoms with Crippen LogP contribution in [0.15, 0.2) is 12.1 Å². The number of thioether (sulfide) groups is 1. The third-order valence-corrected chi connectivity index (χ3v) is 5.52. The summed E-state index contributed by atoms with van der Waals surface area (Å²) in [6.45, 7) is 0.856. The van der Waals surface area contributed by atoms with Gasteiger partial charge in [0.15, 0.2) is 4.77 Å². The normalized spacial score (nSPS) is 17.3.